The quantitative estimate of drug-likeness (QED) is 0.231. The van der Waals surface area contributed by atoms with Crippen LogP contribution in [0.2, 0.25) is 0 Å². The van der Waals surface area contributed by atoms with Crippen LogP contribution in [0.1, 0.15) is 98.8 Å². The van der Waals surface area contributed by atoms with Crippen LogP contribution in [0, 0.1) is 52.3 Å². The smallest absolute Gasteiger partial charge is 0.432 e. The summed E-state index contributed by atoms with van der Waals surface area (Å²) in [6.07, 6.45) is 11.6. The predicted octanol–water partition coefficient (Wildman–Crippen LogP) is 6.12. The Balaban J connectivity index is 1.55. The van der Waals surface area contributed by atoms with Crippen LogP contribution in [0.3, 0.4) is 0 Å². The highest BCUT2D eigenvalue weighted by molar-refractivity contribution is 5.60. The monoisotopic (exact) mass is 534 g/mol. The van der Waals surface area contributed by atoms with Gasteiger partial charge in [-0.25, -0.2) is 4.79 Å². The lowest BCUT2D eigenvalue weighted by atomic mass is 9.44. The lowest BCUT2D eigenvalue weighted by molar-refractivity contribution is -0.121. The van der Waals surface area contributed by atoms with Crippen LogP contribution >= 0.6 is 0 Å². The van der Waals surface area contributed by atoms with E-state index in [1.165, 1.54) is 44.1 Å². The number of carbonyl (C=O) groups excluding carboxylic acids is 1. The lowest BCUT2D eigenvalue weighted by Gasteiger charge is -2.61. The van der Waals surface area contributed by atoms with Crippen molar-refractivity contribution in [3.63, 3.8) is 0 Å². The Bertz CT molecular complexity index is 840. The minimum absolute atomic E-state index is 0.130. The highest BCUT2D eigenvalue weighted by Crippen LogP contribution is 2.68. The van der Waals surface area contributed by atoms with E-state index in [1.807, 2.05) is 0 Å². The van der Waals surface area contributed by atoms with Gasteiger partial charge in [-0.3, -0.25) is 0 Å². The number of aliphatic hydroxyl groups excluding tert-OH is 3. The fourth-order valence-corrected chi connectivity index (χ4v) is 9.88. The highest BCUT2D eigenvalue weighted by Gasteiger charge is 2.62. The summed E-state index contributed by atoms with van der Waals surface area (Å²) in [6, 6.07) is 0. The van der Waals surface area contributed by atoms with E-state index in [1.54, 1.807) is 0 Å². The minimum atomic E-state index is -0.860. The van der Waals surface area contributed by atoms with E-state index in [-0.39, 0.29) is 31.2 Å². The maximum atomic E-state index is 12.3. The molecular weight excluding hydrogens is 480 g/mol. The van der Waals surface area contributed by atoms with Gasteiger partial charge in [-0.05, 0) is 91.3 Å². The molecule has 4 rings (SSSR count). The molecule has 3 fully saturated rings. The van der Waals surface area contributed by atoms with Crippen LogP contribution in [0.15, 0.2) is 11.6 Å². The van der Waals surface area contributed by atoms with Crippen LogP contribution < -0.4 is 0 Å². The lowest BCUT2D eigenvalue weighted by Crippen LogP contribution is -2.57. The van der Waals surface area contributed by atoms with Gasteiger partial charge in [-0.15, -0.1) is 0 Å². The van der Waals surface area contributed by atoms with Gasteiger partial charge in [-0.2, -0.15) is 0 Å². The average Bonchev–Trinajstić information content (AvgIpc) is 3.23. The van der Waals surface area contributed by atoms with Crippen molar-refractivity contribution in [2.75, 3.05) is 19.8 Å². The van der Waals surface area contributed by atoms with E-state index in [4.69, 9.17) is 14.6 Å². The average molecular weight is 535 g/mol. The maximum absolute atomic E-state index is 12.3. The zero-order valence-corrected chi connectivity index (χ0v) is 24.5. The van der Waals surface area contributed by atoms with Gasteiger partial charge < -0.3 is 24.8 Å². The van der Waals surface area contributed by atoms with Gasteiger partial charge in [0.15, 0.2) is 0 Å². The van der Waals surface area contributed by atoms with Crippen LogP contribution in [-0.4, -0.2) is 53.5 Å². The van der Waals surface area contributed by atoms with E-state index in [0.717, 1.165) is 30.6 Å². The number of carbonyl (C=O) groups is 1. The molecule has 0 radical (unpaired) electrons. The molecule has 0 spiro atoms. The molecule has 0 saturated heterocycles. The third-order valence-corrected chi connectivity index (χ3v) is 11.7. The molecule has 0 aromatic heterocycles. The number of rotatable bonds is 10. The molecule has 218 valence electrons. The summed E-state index contributed by atoms with van der Waals surface area (Å²) >= 11 is 0. The molecule has 3 N–H and O–H groups in total. The van der Waals surface area contributed by atoms with Crippen molar-refractivity contribution in [2.45, 2.75) is 111 Å². The van der Waals surface area contributed by atoms with Crippen molar-refractivity contribution in [2.24, 2.45) is 52.3 Å². The minimum Gasteiger partial charge on any atom is -0.432 e. The molecule has 0 aliphatic heterocycles. The van der Waals surface area contributed by atoms with Crippen molar-refractivity contribution in [3.05, 3.63) is 11.6 Å². The summed E-state index contributed by atoms with van der Waals surface area (Å²) in [4.78, 5) is 12.3. The first kappa shape index (κ1) is 29.9. The van der Waals surface area contributed by atoms with E-state index in [9.17, 15) is 15.0 Å². The summed E-state index contributed by atoms with van der Waals surface area (Å²) < 4.78 is 10.6. The van der Waals surface area contributed by atoms with Crippen molar-refractivity contribution in [3.8, 4) is 0 Å². The van der Waals surface area contributed by atoms with Gasteiger partial charge in [0.2, 0.25) is 0 Å². The van der Waals surface area contributed by atoms with E-state index >= 15 is 0 Å². The first-order valence-electron chi connectivity index (χ1n) is 15.5. The van der Waals surface area contributed by atoms with Crippen molar-refractivity contribution < 1.29 is 29.6 Å². The topological polar surface area (TPSA) is 96.2 Å². The Hall–Kier alpha value is -1.11. The molecule has 4 aliphatic carbocycles. The summed E-state index contributed by atoms with van der Waals surface area (Å²) in [5.41, 5.74) is 1.44. The molecule has 3 saturated carbocycles. The normalized spacial score (nSPS) is 40.0. The van der Waals surface area contributed by atoms with Crippen LogP contribution in [0.4, 0.5) is 4.79 Å². The predicted molar refractivity (Wildman–Crippen MR) is 148 cm³/mol. The second-order valence-electron chi connectivity index (χ2n) is 14.0. The molecule has 2 unspecified atom stereocenters. The summed E-state index contributed by atoms with van der Waals surface area (Å²) in [7, 11) is 0. The Morgan fingerprint density at radius 2 is 1.84 bits per heavy atom. The fraction of sp³-hybridized carbons (Fsp3) is 0.906. The molecule has 4 aliphatic rings. The van der Waals surface area contributed by atoms with Gasteiger partial charge in [-0.1, -0.05) is 65.5 Å². The third kappa shape index (κ3) is 5.56. The van der Waals surface area contributed by atoms with Crippen molar-refractivity contribution in [1.29, 1.82) is 0 Å². The number of aliphatic hydroxyl groups is 3. The Kier molecular flexibility index (Phi) is 9.57. The second kappa shape index (κ2) is 12.2. The SMILES string of the molecule is CC(C)CCC[C@@H](C)[C@H]1CC[C@H]2[C@@H]3CC=C4C[C@@H](O)CC(C(CO)OC(=O)OCCO)[C@]4(C)[C@H]3CC[C@]12C. The molecular formula is C32H54O6. The molecule has 0 bridgehead atoms. The molecule has 38 heavy (non-hydrogen) atoms. The number of hydrogen-bond donors (Lipinski definition) is 3. The van der Waals surface area contributed by atoms with Gasteiger partial charge in [0.1, 0.15) is 12.7 Å². The zero-order valence-electron chi connectivity index (χ0n) is 24.5. The zero-order chi connectivity index (χ0) is 27.7. The third-order valence-electron chi connectivity index (χ3n) is 11.7. The van der Waals surface area contributed by atoms with Crippen molar-refractivity contribution >= 4 is 6.16 Å². The first-order valence-corrected chi connectivity index (χ1v) is 15.5. The van der Waals surface area contributed by atoms with Crippen LogP contribution in [-0.2, 0) is 9.47 Å². The molecule has 0 aromatic rings. The molecule has 10 atom stereocenters. The molecule has 0 aromatic carbocycles. The van der Waals surface area contributed by atoms with Gasteiger partial charge in [0.05, 0.1) is 19.3 Å². The largest absolute Gasteiger partial charge is 0.508 e. The number of hydrogen-bond acceptors (Lipinski definition) is 6. The van der Waals surface area contributed by atoms with Gasteiger partial charge in [0.25, 0.3) is 0 Å². The number of fused-ring (bicyclic) bond motifs is 5. The summed E-state index contributed by atoms with van der Waals surface area (Å²) in [6.45, 7) is 11.4. The Morgan fingerprint density at radius 1 is 1.08 bits per heavy atom. The van der Waals surface area contributed by atoms with E-state index < -0.39 is 18.4 Å². The van der Waals surface area contributed by atoms with Crippen LogP contribution in [0.5, 0.6) is 0 Å². The summed E-state index contributed by atoms with van der Waals surface area (Å²) in [5, 5.41) is 30.2. The second-order valence-corrected chi connectivity index (χ2v) is 14.0. The molecule has 0 heterocycles. The molecule has 6 nitrogen and oxygen atoms in total. The maximum Gasteiger partial charge on any atom is 0.508 e. The van der Waals surface area contributed by atoms with Gasteiger partial charge in [0, 0.05) is 5.92 Å². The Morgan fingerprint density at radius 3 is 2.53 bits per heavy atom. The summed E-state index contributed by atoms with van der Waals surface area (Å²) in [5.74, 6) is 3.90. The fourth-order valence-electron chi connectivity index (χ4n) is 9.88. The van der Waals surface area contributed by atoms with E-state index in [0.29, 0.717) is 36.0 Å². The number of allylic oxidation sites excluding steroid dienone is 1. The molecule has 6 heteroatoms. The number of ether oxygens (including phenoxy) is 2. The van der Waals surface area contributed by atoms with Gasteiger partial charge >= 0.3 is 6.16 Å². The molecule has 0 amide bonds. The van der Waals surface area contributed by atoms with Crippen molar-refractivity contribution in [1.82, 2.24) is 0 Å². The van der Waals surface area contributed by atoms with E-state index in [2.05, 4.69) is 40.7 Å². The van der Waals surface area contributed by atoms with Crippen LogP contribution in [0.25, 0.3) is 0 Å². The first-order chi connectivity index (χ1) is 18.1. The Labute approximate surface area is 230 Å². The standard InChI is InChI=1S/C32H54O6/c1-20(2)7-6-8-21(3)25-11-12-26-24-10-9-22-17-23(35)18-28(29(19-34)38-30(36)37-16-15-33)32(22,5)27(24)13-14-31(25,26)4/h9,20-21,23-29,33-35H,6-8,10-19H2,1-5H3/t21-,23-,24+,25-,26+,27+,28?,29?,31-,32+/m1/s1. The highest BCUT2D eigenvalue weighted by atomic mass is 16.7.